The summed E-state index contributed by atoms with van der Waals surface area (Å²) in [6.45, 7) is 1.70. The van der Waals surface area contributed by atoms with Gasteiger partial charge in [0.25, 0.3) is 0 Å². The highest BCUT2D eigenvalue weighted by Gasteiger charge is 2.19. The van der Waals surface area contributed by atoms with Crippen LogP contribution >= 0.6 is 0 Å². The highest BCUT2D eigenvalue weighted by molar-refractivity contribution is 5.69. The Morgan fingerprint density at radius 1 is 1.18 bits per heavy atom. The third-order valence-corrected chi connectivity index (χ3v) is 2.09. The van der Waals surface area contributed by atoms with Crippen LogP contribution in [0, 0.1) is 23.3 Å². The Hall–Kier alpha value is -1.59. The van der Waals surface area contributed by atoms with Crippen LogP contribution in [0.1, 0.15) is 18.9 Å². The van der Waals surface area contributed by atoms with Gasteiger partial charge in [0, 0.05) is 18.1 Å². The number of carbonyl (C=O) groups is 1. The molecule has 2 nitrogen and oxygen atoms in total. The van der Waals surface area contributed by atoms with E-state index in [0.717, 1.165) is 0 Å². The molecule has 1 aromatic rings. The molecule has 0 bridgehead atoms. The first-order valence-corrected chi connectivity index (χ1v) is 4.94. The molecule has 0 N–H and O–H groups in total. The third-order valence-electron chi connectivity index (χ3n) is 2.09. The smallest absolute Gasteiger partial charge is 0.306 e. The van der Waals surface area contributed by atoms with E-state index in [1.807, 2.05) is 0 Å². The Morgan fingerprint density at radius 2 is 1.71 bits per heavy atom. The normalized spacial score (nSPS) is 10.4. The summed E-state index contributed by atoms with van der Waals surface area (Å²) in [5, 5.41) is 0. The molecule has 1 aromatic carbocycles. The molecule has 6 heteroatoms. The predicted octanol–water partition coefficient (Wildman–Crippen LogP) is 2.74. The molecule has 17 heavy (non-hydrogen) atoms. The summed E-state index contributed by atoms with van der Waals surface area (Å²) in [5.74, 6) is -6.61. The van der Waals surface area contributed by atoms with Gasteiger partial charge in [-0.1, -0.05) is 0 Å². The fraction of sp³-hybridized carbons (Fsp3) is 0.364. The number of rotatable bonds is 4. The average molecular weight is 250 g/mol. The lowest BCUT2D eigenvalue weighted by Gasteiger charge is -2.06. The Kier molecular flexibility index (Phi) is 4.48. The molecule has 0 amide bonds. The fourth-order valence-electron chi connectivity index (χ4n) is 1.30. The quantitative estimate of drug-likeness (QED) is 0.466. The van der Waals surface area contributed by atoms with E-state index in [2.05, 4.69) is 4.74 Å². The van der Waals surface area contributed by atoms with E-state index in [1.165, 1.54) is 0 Å². The fourth-order valence-corrected chi connectivity index (χ4v) is 1.30. The average Bonchev–Trinajstić information content (AvgIpc) is 2.27. The number of carbonyl (C=O) groups excluding carboxylic acids is 1. The van der Waals surface area contributed by atoms with Gasteiger partial charge in [-0.2, -0.15) is 0 Å². The summed E-state index contributed by atoms with van der Waals surface area (Å²) in [6.07, 6.45) is -0.796. The second-order valence-corrected chi connectivity index (χ2v) is 3.25. The first kappa shape index (κ1) is 13.5. The van der Waals surface area contributed by atoms with Crippen LogP contribution in [-0.4, -0.2) is 12.6 Å². The predicted molar refractivity (Wildman–Crippen MR) is 51.2 cm³/mol. The molecule has 0 atom stereocenters. The standard InChI is InChI=1S/C11H10F4O2/c1-2-17-9(16)4-3-6-10(14)7(12)5-8(13)11(6)15/h5H,2-4H2,1H3. The van der Waals surface area contributed by atoms with Gasteiger partial charge in [0.1, 0.15) is 0 Å². The van der Waals surface area contributed by atoms with Gasteiger partial charge in [-0.15, -0.1) is 0 Å². The summed E-state index contributed by atoms with van der Waals surface area (Å²) >= 11 is 0. The van der Waals surface area contributed by atoms with Crippen LogP contribution in [0.3, 0.4) is 0 Å². The van der Waals surface area contributed by atoms with Crippen LogP contribution in [-0.2, 0) is 16.0 Å². The molecule has 0 spiro atoms. The van der Waals surface area contributed by atoms with E-state index < -0.39 is 41.2 Å². The summed E-state index contributed by atoms with van der Waals surface area (Å²) in [5.41, 5.74) is -0.782. The Balaban J connectivity index is 2.87. The SMILES string of the molecule is CCOC(=O)CCc1c(F)c(F)cc(F)c1F. The molecule has 0 aliphatic heterocycles. The van der Waals surface area contributed by atoms with Gasteiger partial charge in [-0.25, -0.2) is 17.6 Å². The van der Waals surface area contributed by atoms with Gasteiger partial charge >= 0.3 is 5.97 Å². The number of hydrogen-bond acceptors (Lipinski definition) is 2. The van der Waals surface area contributed by atoms with Crippen molar-refractivity contribution in [2.45, 2.75) is 19.8 Å². The van der Waals surface area contributed by atoms with Crippen LogP contribution in [0.4, 0.5) is 17.6 Å². The van der Waals surface area contributed by atoms with Gasteiger partial charge in [-0.3, -0.25) is 4.79 Å². The molecule has 0 aliphatic rings. The monoisotopic (exact) mass is 250 g/mol. The van der Waals surface area contributed by atoms with Crippen LogP contribution < -0.4 is 0 Å². The molecule has 1 rings (SSSR count). The van der Waals surface area contributed by atoms with Crippen LogP contribution in [0.15, 0.2) is 6.07 Å². The van der Waals surface area contributed by atoms with Gasteiger partial charge in [-0.05, 0) is 13.3 Å². The van der Waals surface area contributed by atoms with Crippen molar-refractivity contribution in [2.75, 3.05) is 6.61 Å². The zero-order chi connectivity index (χ0) is 13.0. The molecule has 0 saturated heterocycles. The lowest BCUT2D eigenvalue weighted by molar-refractivity contribution is -0.143. The minimum atomic E-state index is -1.48. The summed E-state index contributed by atoms with van der Waals surface area (Å²) < 4.78 is 56.4. The second-order valence-electron chi connectivity index (χ2n) is 3.25. The number of benzene rings is 1. The lowest BCUT2D eigenvalue weighted by Crippen LogP contribution is -2.09. The van der Waals surface area contributed by atoms with Crippen molar-refractivity contribution >= 4 is 5.97 Å². The minimum Gasteiger partial charge on any atom is -0.466 e. The van der Waals surface area contributed by atoms with Crippen molar-refractivity contribution < 1.29 is 27.1 Å². The van der Waals surface area contributed by atoms with Crippen LogP contribution in [0.5, 0.6) is 0 Å². The van der Waals surface area contributed by atoms with Crippen molar-refractivity contribution in [3.8, 4) is 0 Å². The number of halogens is 4. The molecule has 0 saturated carbocycles. The first-order valence-electron chi connectivity index (χ1n) is 4.94. The van der Waals surface area contributed by atoms with E-state index in [4.69, 9.17) is 0 Å². The molecule has 94 valence electrons. The van der Waals surface area contributed by atoms with Crippen molar-refractivity contribution in [2.24, 2.45) is 0 Å². The van der Waals surface area contributed by atoms with Crippen LogP contribution in [0.25, 0.3) is 0 Å². The Labute approximate surface area is 95.2 Å². The first-order chi connectivity index (χ1) is 7.97. The van der Waals surface area contributed by atoms with Gasteiger partial charge < -0.3 is 4.74 Å². The number of esters is 1. The maximum absolute atomic E-state index is 13.1. The Morgan fingerprint density at radius 3 is 2.18 bits per heavy atom. The molecular formula is C11H10F4O2. The minimum absolute atomic E-state index is 0.124. The third kappa shape index (κ3) is 3.18. The van der Waals surface area contributed by atoms with Gasteiger partial charge in [0.15, 0.2) is 23.3 Å². The molecule has 0 heterocycles. The summed E-state index contributed by atoms with van der Waals surface area (Å²) in [4.78, 5) is 11.0. The second kappa shape index (κ2) is 5.65. The lowest BCUT2D eigenvalue weighted by atomic mass is 10.1. The van der Waals surface area contributed by atoms with Gasteiger partial charge in [0.05, 0.1) is 6.61 Å². The van der Waals surface area contributed by atoms with E-state index >= 15 is 0 Å². The molecule has 0 unspecified atom stereocenters. The van der Waals surface area contributed by atoms with E-state index in [9.17, 15) is 22.4 Å². The highest BCUT2D eigenvalue weighted by Crippen LogP contribution is 2.20. The van der Waals surface area contributed by atoms with Crippen molar-refractivity contribution in [1.82, 2.24) is 0 Å². The van der Waals surface area contributed by atoms with E-state index in [1.54, 1.807) is 6.92 Å². The Bertz CT molecular complexity index is 406. The zero-order valence-corrected chi connectivity index (χ0v) is 9.03. The van der Waals surface area contributed by atoms with Crippen molar-refractivity contribution in [3.05, 3.63) is 34.9 Å². The maximum atomic E-state index is 13.1. The number of hydrogen-bond donors (Lipinski definition) is 0. The summed E-state index contributed by atoms with van der Waals surface area (Å²) in [7, 11) is 0. The van der Waals surface area contributed by atoms with Gasteiger partial charge in [0.2, 0.25) is 0 Å². The number of ether oxygens (including phenoxy) is 1. The maximum Gasteiger partial charge on any atom is 0.306 e. The van der Waals surface area contributed by atoms with Crippen molar-refractivity contribution in [3.63, 3.8) is 0 Å². The molecule has 0 aromatic heterocycles. The zero-order valence-electron chi connectivity index (χ0n) is 9.03. The molecule has 0 fully saturated rings. The van der Waals surface area contributed by atoms with E-state index in [0.29, 0.717) is 0 Å². The van der Waals surface area contributed by atoms with Crippen LogP contribution in [0.2, 0.25) is 0 Å². The van der Waals surface area contributed by atoms with Crippen molar-refractivity contribution in [1.29, 1.82) is 0 Å². The summed E-state index contributed by atoms with van der Waals surface area (Å²) in [6, 6.07) is 0.124. The largest absolute Gasteiger partial charge is 0.466 e. The highest BCUT2D eigenvalue weighted by atomic mass is 19.2. The topological polar surface area (TPSA) is 26.3 Å². The molecular weight excluding hydrogens is 240 g/mol. The molecule has 0 aliphatic carbocycles. The molecule has 0 radical (unpaired) electrons. The van der Waals surface area contributed by atoms with E-state index in [-0.39, 0.29) is 19.1 Å².